The number of aromatic nitrogens is 3. The minimum Gasteiger partial charge on any atom is -0.453 e. The Kier molecular flexibility index (Phi) is 15.8. The minimum absolute atomic E-state index is 0.0896. The number of carbonyl (C=O) groups excluding carboxylic acids is 5. The molecule has 0 unspecified atom stereocenters. The Labute approximate surface area is 384 Å². The van der Waals surface area contributed by atoms with Crippen LogP contribution in [0.1, 0.15) is 62.3 Å². The third-order valence-electron chi connectivity index (χ3n) is 11.6. The summed E-state index contributed by atoms with van der Waals surface area (Å²) < 4.78 is 55.3. The van der Waals surface area contributed by atoms with Crippen LogP contribution in [0.4, 0.5) is 29.5 Å². The molecule has 2 aliphatic rings. The van der Waals surface area contributed by atoms with E-state index in [9.17, 15) is 37.1 Å². The fourth-order valence-corrected chi connectivity index (χ4v) is 8.76. The molecule has 4 heterocycles. The molecular formula is C45H54F3N9O8S. The lowest BCUT2D eigenvalue weighted by Gasteiger charge is -2.33. The van der Waals surface area contributed by atoms with Crippen molar-refractivity contribution in [3.05, 3.63) is 78.4 Å². The predicted octanol–water partition coefficient (Wildman–Crippen LogP) is 6.23. The minimum atomic E-state index is -5.06. The predicted molar refractivity (Wildman–Crippen MR) is 242 cm³/mol. The fraction of sp³-hybridized carbons (Fsp3) is 0.444. The van der Waals surface area contributed by atoms with Gasteiger partial charge in [0.25, 0.3) is 5.91 Å². The van der Waals surface area contributed by atoms with E-state index in [2.05, 4.69) is 41.0 Å². The number of methoxy groups -OCH3 is 2. The molecule has 5 N–H and O–H groups in total. The number of aromatic amines is 1. The molecule has 4 aromatic rings. The van der Waals surface area contributed by atoms with Crippen LogP contribution in [-0.4, -0.2) is 131 Å². The highest BCUT2D eigenvalue weighted by Crippen LogP contribution is 2.39. The second-order valence-corrected chi connectivity index (χ2v) is 17.5. The first-order valence-electron chi connectivity index (χ1n) is 21.3. The second-order valence-electron chi connectivity index (χ2n) is 16.4. The molecule has 4 atom stereocenters. The Morgan fingerprint density at radius 1 is 0.985 bits per heavy atom. The van der Waals surface area contributed by atoms with Crippen LogP contribution in [0, 0.1) is 5.92 Å². The Morgan fingerprint density at radius 2 is 1.73 bits per heavy atom. The molecule has 2 aromatic heterocycles. The average molecular weight is 938 g/mol. The number of nitrogens with one attached hydrogen (secondary N) is 5. The highest BCUT2D eigenvalue weighted by molar-refractivity contribution is 7.99. The molecule has 17 nitrogen and oxygen atoms in total. The maximum Gasteiger partial charge on any atom is 0.573 e. The van der Waals surface area contributed by atoms with E-state index in [4.69, 9.17) is 9.47 Å². The van der Waals surface area contributed by atoms with Gasteiger partial charge in [0, 0.05) is 49.7 Å². The molecule has 6 rings (SSSR count). The SMILES string of the molecule is COCC(=O)N1CCC[C@@]1(C)C(=O)NCCNc1ccc(NC(=O)c2ccc(-c3ccc(-c4cnc([C@@H]5C[C@H](SC)CN5C(=O)[C@@H](NC(=O)OC)C(C)C)[nH]4)cc3)c(OC(F)(F)F)c2)cn1. The number of hydrogen-bond acceptors (Lipinski definition) is 12. The van der Waals surface area contributed by atoms with Crippen molar-refractivity contribution in [2.45, 2.75) is 69.3 Å². The lowest BCUT2D eigenvalue weighted by Crippen LogP contribution is -2.56. The molecule has 66 heavy (non-hydrogen) atoms. The number of pyridine rings is 1. The molecule has 2 aliphatic heterocycles. The molecule has 0 spiro atoms. The van der Waals surface area contributed by atoms with Crippen LogP contribution >= 0.6 is 11.8 Å². The summed E-state index contributed by atoms with van der Waals surface area (Å²) in [6.07, 6.45) is 1.08. The Bertz CT molecular complexity index is 2370. The van der Waals surface area contributed by atoms with Gasteiger partial charge in [0.1, 0.15) is 35.6 Å². The Morgan fingerprint density at radius 3 is 2.38 bits per heavy atom. The highest BCUT2D eigenvalue weighted by atomic mass is 32.2. The third kappa shape index (κ3) is 11.7. The van der Waals surface area contributed by atoms with Gasteiger partial charge in [0.2, 0.25) is 17.7 Å². The number of H-pyrrole nitrogens is 1. The van der Waals surface area contributed by atoms with E-state index in [1.165, 1.54) is 32.5 Å². The van der Waals surface area contributed by atoms with Gasteiger partial charge in [-0.3, -0.25) is 19.2 Å². The van der Waals surface area contributed by atoms with Gasteiger partial charge in [0.15, 0.2) is 0 Å². The lowest BCUT2D eigenvalue weighted by atomic mass is 9.97. The lowest BCUT2D eigenvalue weighted by molar-refractivity contribution is -0.274. The van der Waals surface area contributed by atoms with Crippen LogP contribution < -0.4 is 26.0 Å². The average Bonchev–Trinajstić information content (AvgIpc) is 4.06. The largest absolute Gasteiger partial charge is 0.573 e. The van der Waals surface area contributed by atoms with Gasteiger partial charge in [-0.25, -0.2) is 14.8 Å². The van der Waals surface area contributed by atoms with Crippen LogP contribution in [0.25, 0.3) is 22.4 Å². The van der Waals surface area contributed by atoms with E-state index in [-0.39, 0.29) is 58.9 Å². The maximum absolute atomic E-state index is 13.8. The Balaban J connectivity index is 1.09. The molecular weight excluding hydrogens is 884 g/mol. The van der Waals surface area contributed by atoms with E-state index in [0.29, 0.717) is 67.4 Å². The molecule has 5 amide bonds. The van der Waals surface area contributed by atoms with Crippen molar-refractivity contribution >= 4 is 53.0 Å². The molecule has 0 saturated carbocycles. The van der Waals surface area contributed by atoms with Crippen LogP contribution in [-0.2, 0) is 23.9 Å². The summed E-state index contributed by atoms with van der Waals surface area (Å²) in [6.45, 7) is 6.80. The number of imidazole rings is 1. The topological polar surface area (TPSA) is 209 Å². The van der Waals surface area contributed by atoms with Gasteiger partial charge >= 0.3 is 12.5 Å². The van der Waals surface area contributed by atoms with Gasteiger partial charge in [-0.2, -0.15) is 11.8 Å². The number of nitrogens with zero attached hydrogens (tertiary/aromatic N) is 4. The number of alkyl halides is 3. The van der Waals surface area contributed by atoms with Crippen molar-refractivity contribution in [2.24, 2.45) is 5.92 Å². The number of likely N-dealkylation sites (tertiary alicyclic amines) is 2. The van der Waals surface area contributed by atoms with Crippen LogP contribution in [0.2, 0.25) is 0 Å². The molecule has 0 bridgehead atoms. The quantitative estimate of drug-likeness (QED) is 0.0747. The van der Waals surface area contributed by atoms with Gasteiger partial charge in [-0.1, -0.05) is 38.1 Å². The van der Waals surface area contributed by atoms with Crippen LogP contribution in [0.15, 0.2) is 67.0 Å². The smallest absolute Gasteiger partial charge is 0.453 e. The number of alkyl carbamates (subject to hydrolysis) is 1. The van der Waals surface area contributed by atoms with E-state index in [1.807, 2.05) is 20.1 Å². The van der Waals surface area contributed by atoms with E-state index >= 15 is 0 Å². The second kappa shape index (κ2) is 21.3. The first-order valence-corrected chi connectivity index (χ1v) is 22.6. The first-order chi connectivity index (χ1) is 31.4. The van der Waals surface area contributed by atoms with Crippen molar-refractivity contribution in [2.75, 3.05) is 63.9 Å². The molecule has 0 aliphatic carbocycles. The number of halogens is 3. The van der Waals surface area contributed by atoms with E-state index in [1.54, 1.807) is 71.1 Å². The molecule has 2 fully saturated rings. The standard InChI is InChI=1S/C45H54F3N9O8S/c1-26(2)38(55-43(62)64-5)41(60)56-24-31(66-6)21-34(56)39-52-23-33(54-39)28-10-8-27(9-11-28)32-14-12-29(20-35(32)65-45(46,47)48)40(59)53-30-13-15-36(51-22-30)49-17-18-50-42(61)44(3)16-7-19-57(44)37(58)25-63-4/h8-15,20,22-23,26,31,34,38H,7,16-19,21,24-25H2,1-6H3,(H,49,51)(H,50,61)(H,52,54)(H,53,59)(H,55,62)/t31-,34-,38-,44-/m0/s1. The zero-order valence-corrected chi connectivity index (χ0v) is 38.2. The summed E-state index contributed by atoms with van der Waals surface area (Å²) >= 11 is 1.63. The normalized spacial score (nSPS) is 18.8. The van der Waals surface area contributed by atoms with Crippen molar-refractivity contribution in [3.8, 4) is 28.1 Å². The zero-order valence-electron chi connectivity index (χ0n) is 37.4. The van der Waals surface area contributed by atoms with Gasteiger partial charge in [-0.15, -0.1) is 13.2 Å². The van der Waals surface area contributed by atoms with Gasteiger partial charge in [0.05, 0.1) is 36.9 Å². The fourth-order valence-electron chi connectivity index (χ4n) is 8.08. The summed E-state index contributed by atoms with van der Waals surface area (Å²) in [5, 5.41) is 11.4. The zero-order chi connectivity index (χ0) is 47.8. The van der Waals surface area contributed by atoms with Crippen molar-refractivity contribution in [3.63, 3.8) is 0 Å². The first kappa shape index (κ1) is 49.1. The number of thioether (sulfide) groups is 1. The molecule has 2 aromatic carbocycles. The van der Waals surface area contributed by atoms with Crippen LogP contribution in [0.5, 0.6) is 5.75 Å². The number of amides is 5. The van der Waals surface area contributed by atoms with Gasteiger partial charge < -0.3 is 50.3 Å². The molecule has 354 valence electrons. The number of carbonyl (C=O) groups is 5. The number of rotatable bonds is 17. The number of hydrogen-bond donors (Lipinski definition) is 5. The molecule has 21 heteroatoms. The van der Waals surface area contributed by atoms with Crippen molar-refractivity contribution < 1.29 is 51.4 Å². The third-order valence-corrected chi connectivity index (χ3v) is 12.6. The van der Waals surface area contributed by atoms with Gasteiger partial charge in [-0.05, 0) is 79.8 Å². The monoisotopic (exact) mass is 937 g/mol. The molecule has 2 saturated heterocycles. The number of benzene rings is 2. The molecule has 0 radical (unpaired) electrons. The maximum atomic E-state index is 13.8. The Hall–Kier alpha value is -6.35. The van der Waals surface area contributed by atoms with Crippen LogP contribution in [0.3, 0.4) is 0 Å². The number of anilines is 2. The summed E-state index contributed by atoms with van der Waals surface area (Å²) in [7, 11) is 2.66. The van der Waals surface area contributed by atoms with E-state index in [0.717, 1.165) is 6.07 Å². The highest BCUT2D eigenvalue weighted by Gasteiger charge is 2.45. The number of ether oxygens (including phenoxy) is 3. The summed E-state index contributed by atoms with van der Waals surface area (Å²) in [4.78, 5) is 80.1. The van der Waals surface area contributed by atoms with E-state index < -0.39 is 41.7 Å². The van der Waals surface area contributed by atoms with Crippen molar-refractivity contribution in [1.82, 2.24) is 35.4 Å². The summed E-state index contributed by atoms with van der Waals surface area (Å²) in [6, 6.07) is 12.4. The summed E-state index contributed by atoms with van der Waals surface area (Å²) in [5.74, 6) is -1.26. The summed E-state index contributed by atoms with van der Waals surface area (Å²) in [5.41, 5.74) is 0.979. The van der Waals surface area contributed by atoms with Crippen molar-refractivity contribution in [1.29, 1.82) is 0 Å².